The average Bonchev–Trinajstić information content (AvgIpc) is 3.10. The minimum absolute atomic E-state index is 0.0509. The Hall–Kier alpha value is -3.54. The molecular weight excluding hydrogens is 360 g/mol. The maximum Gasteiger partial charge on any atom is 0.374 e. The van der Waals surface area contributed by atoms with Crippen LogP contribution in [-0.2, 0) is 20.9 Å². The lowest BCUT2D eigenvalue weighted by Gasteiger charge is -2.04. The lowest BCUT2D eigenvalue weighted by atomic mass is 10.1. The van der Waals surface area contributed by atoms with Crippen LogP contribution < -0.4 is 4.74 Å². The van der Waals surface area contributed by atoms with E-state index in [2.05, 4.69) is 0 Å². The number of fused-ring (bicyclic) bond motifs is 1. The maximum absolute atomic E-state index is 12.2. The van der Waals surface area contributed by atoms with Gasteiger partial charge in [-0.1, -0.05) is 30.3 Å². The molecule has 6 nitrogen and oxygen atoms in total. The fraction of sp³-hybridized carbons (Fsp3) is 0.182. The summed E-state index contributed by atoms with van der Waals surface area (Å²) in [5.74, 6) is -0.331. The summed E-state index contributed by atoms with van der Waals surface area (Å²) in [5, 5.41) is 0.706. The zero-order valence-corrected chi connectivity index (χ0v) is 15.6. The van der Waals surface area contributed by atoms with Crippen LogP contribution in [0.15, 0.2) is 59.0 Å². The van der Waals surface area contributed by atoms with E-state index in [1.165, 1.54) is 6.08 Å². The zero-order chi connectivity index (χ0) is 19.9. The van der Waals surface area contributed by atoms with Gasteiger partial charge in [0, 0.05) is 11.5 Å². The Balaban J connectivity index is 1.73. The summed E-state index contributed by atoms with van der Waals surface area (Å²) in [6.45, 7) is 1.83. The predicted octanol–water partition coefficient (Wildman–Crippen LogP) is 4.37. The number of carbonyl (C=O) groups excluding carboxylic acids is 2. The number of benzene rings is 2. The van der Waals surface area contributed by atoms with Gasteiger partial charge in [-0.3, -0.25) is 0 Å². The maximum atomic E-state index is 12.2. The third-order valence-corrected chi connectivity index (χ3v) is 4.05. The lowest BCUT2D eigenvalue weighted by Crippen LogP contribution is -2.08. The second-order valence-corrected chi connectivity index (χ2v) is 5.84. The molecule has 0 fully saturated rings. The molecule has 6 heteroatoms. The van der Waals surface area contributed by atoms with Crippen LogP contribution in [0.3, 0.4) is 0 Å². The van der Waals surface area contributed by atoms with E-state index in [0.29, 0.717) is 16.5 Å². The van der Waals surface area contributed by atoms with Crippen molar-refractivity contribution in [2.24, 2.45) is 0 Å². The topological polar surface area (TPSA) is 75.0 Å². The molecule has 0 saturated carbocycles. The quantitative estimate of drug-likeness (QED) is 0.447. The van der Waals surface area contributed by atoms with Crippen molar-refractivity contribution in [2.45, 2.75) is 13.5 Å². The van der Waals surface area contributed by atoms with Gasteiger partial charge >= 0.3 is 11.9 Å². The molecule has 0 aliphatic heterocycles. The second-order valence-electron chi connectivity index (χ2n) is 5.84. The molecule has 0 unspecified atom stereocenters. The van der Waals surface area contributed by atoms with Crippen LogP contribution in [0.25, 0.3) is 17.0 Å². The molecule has 1 heterocycles. The molecule has 0 saturated heterocycles. The Morgan fingerprint density at radius 3 is 2.50 bits per heavy atom. The Morgan fingerprint density at radius 1 is 1.04 bits per heavy atom. The van der Waals surface area contributed by atoms with E-state index in [0.717, 1.165) is 11.3 Å². The van der Waals surface area contributed by atoms with Gasteiger partial charge in [-0.25, -0.2) is 9.59 Å². The van der Waals surface area contributed by atoms with Crippen molar-refractivity contribution in [2.75, 3.05) is 13.7 Å². The normalized spacial score (nSPS) is 10.9. The summed E-state index contributed by atoms with van der Waals surface area (Å²) < 4.78 is 21.0. The summed E-state index contributed by atoms with van der Waals surface area (Å²) in [7, 11) is 1.59. The van der Waals surface area contributed by atoms with Gasteiger partial charge in [0.05, 0.1) is 19.3 Å². The number of hydrogen-bond acceptors (Lipinski definition) is 6. The summed E-state index contributed by atoms with van der Waals surface area (Å²) in [5.41, 5.74) is 1.85. The second kappa shape index (κ2) is 8.90. The highest BCUT2D eigenvalue weighted by atomic mass is 16.5. The van der Waals surface area contributed by atoms with Crippen LogP contribution in [0.5, 0.6) is 5.75 Å². The molecule has 2 aromatic carbocycles. The molecule has 28 heavy (non-hydrogen) atoms. The van der Waals surface area contributed by atoms with Gasteiger partial charge in [0.15, 0.2) is 0 Å². The third-order valence-electron chi connectivity index (χ3n) is 4.05. The molecule has 0 aliphatic carbocycles. The SMILES string of the molecule is CCOC(=O)c1oc2ccccc2c1COC(=O)C=Cc1ccc(OC)cc1. The van der Waals surface area contributed by atoms with E-state index < -0.39 is 11.9 Å². The minimum Gasteiger partial charge on any atom is -0.497 e. The van der Waals surface area contributed by atoms with Crippen molar-refractivity contribution in [3.05, 3.63) is 71.5 Å². The van der Waals surface area contributed by atoms with Crippen molar-refractivity contribution in [1.82, 2.24) is 0 Å². The van der Waals surface area contributed by atoms with Crippen LogP contribution in [0.2, 0.25) is 0 Å². The van der Waals surface area contributed by atoms with Crippen molar-refractivity contribution >= 4 is 29.0 Å². The molecule has 0 N–H and O–H groups in total. The Morgan fingerprint density at radius 2 is 1.79 bits per heavy atom. The van der Waals surface area contributed by atoms with Crippen LogP contribution in [0, 0.1) is 0 Å². The lowest BCUT2D eigenvalue weighted by molar-refractivity contribution is -0.138. The summed E-state index contributed by atoms with van der Waals surface area (Å²) in [6.07, 6.45) is 2.97. The van der Waals surface area contributed by atoms with E-state index in [1.807, 2.05) is 18.2 Å². The van der Waals surface area contributed by atoms with Crippen LogP contribution in [0.4, 0.5) is 0 Å². The monoisotopic (exact) mass is 380 g/mol. The number of ether oxygens (including phenoxy) is 3. The van der Waals surface area contributed by atoms with Crippen LogP contribution in [-0.4, -0.2) is 25.7 Å². The smallest absolute Gasteiger partial charge is 0.374 e. The average molecular weight is 380 g/mol. The van der Waals surface area contributed by atoms with Gasteiger partial charge in [0.1, 0.15) is 17.9 Å². The largest absolute Gasteiger partial charge is 0.497 e. The Kier molecular flexibility index (Phi) is 6.11. The van der Waals surface area contributed by atoms with Crippen molar-refractivity contribution in [1.29, 1.82) is 0 Å². The molecule has 0 atom stereocenters. The molecule has 3 rings (SSSR count). The summed E-state index contributed by atoms with van der Waals surface area (Å²) in [4.78, 5) is 24.3. The Bertz CT molecular complexity index is 998. The van der Waals surface area contributed by atoms with Crippen molar-refractivity contribution in [3.8, 4) is 5.75 Å². The highest BCUT2D eigenvalue weighted by Gasteiger charge is 2.22. The molecule has 0 amide bonds. The fourth-order valence-corrected chi connectivity index (χ4v) is 2.67. The van der Waals surface area contributed by atoms with Gasteiger partial charge in [-0.2, -0.15) is 0 Å². The van der Waals surface area contributed by atoms with Gasteiger partial charge in [-0.05, 0) is 36.8 Å². The molecule has 0 aliphatic rings. The van der Waals surface area contributed by atoms with Gasteiger partial charge in [-0.15, -0.1) is 0 Å². The predicted molar refractivity (Wildman–Crippen MR) is 104 cm³/mol. The number of esters is 2. The van der Waals surface area contributed by atoms with E-state index in [1.54, 1.807) is 50.4 Å². The highest BCUT2D eigenvalue weighted by molar-refractivity contribution is 5.96. The van der Waals surface area contributed by atoms with E-state index in [4.69, 9.17) is 18.6 Å². The molecule has 0 spiro atoms. The van der Waals surface area contributed by atoms with Crippen LogP contribution >= 0.6 is 0 Å². The molecule has 3 aromatic rings. The first-order valence-corrected chi connectivity index (χ1v) is 8.78. The van der Waals surface area contributed by atoms with Gasteiger partial charge in [0.25, 0.3) is 0 Å². The first kappa shape index (κ1) is 19.2. The summed E-state index contributed by atoms with van der Waals surface area (Å²) >= 11 is 0. The van der Waals surface area contributed by atoms with Gasteiger partial charge in [0.2, 0.25) is 5.76 Å². The van der Waals surface area contributed by atoms with Crippen molar-refractivity contribution in [3.63, 3.8) is 0 Å². The summed E-state index contributed by atoms with van der Waals surface area (Å²) in [6, 6.07) is 14.4. The number of methoxy groups -OCH3 is 1. The van der Waals surface area contributed by atoms with Crippen molar-refractivity contribution < 1.29 is 28.2 Å². The number of furan rings is 1. The first-order valence-electron chi connectivity index (χ1n) is 8.78. The fourth-order valence-electron chi connectivity index (χ4n) is 2.67. The van der Waals surface area contributed by atoms with Crippen LogP contribution in [0.1, 0.15) is 28.6 Å². The molecule has 1 aromatic heterocycles. The molecule has 144 valence electrons. The van der Waals surface area contributed by atoms with E-state index in [9.17, 15) is 9.59 Å². The molecule has 0 radical (unpaired) electrons. The number of para-hydroxylation sites is 1. The van der Waals surface area contributed by atoms with Gasteiger partial charge < -0.3 is 18.6 Å². The van der Waals surface area contributed by atoms with E-state index in [-0.39, 0.29) is 19.0 Å². The molecular formula is C22H20O6. The Labute approximate surface area is 162 Å². The molecule has 0 bridgehead atoms. The first-order chi connectivity index (χ1) is 13.6. The number of rotatable bonds is 7. The number of carbonyl (C=O) groups is 2. The highest BCUT2D eigenvalue weighted by Crippen LogP contribution is 2.27. The third kappa shape index (κ3) is 4.40. The zero-order valence-electron chi connectivity index (χ0n) is 15.6. The number of hydrogen-bond donors (Lipinski definition) is 0. The minimum atomic E-state index is -0.585. The van der Waals surface area contributed by atoms with E-state index >= 15 is 0 Å². The standard InChI is InChI=1S/C22H20O6/c1-3-26-22(24)21-18(17-6-4-5-7-19(17)28-21)14-27-20(23)13-10-15-8-11-16(25-2)12-9-15/h4-13H,3,14H2,1-2H3.